The summed E-state index contributed by atoms with van der Waals surface area (Å²) in [5.41, 5.74) is 2.17. The molecule has 0 amide bonds. The molecule has 1 aromatic heterocycles. The molecule has 1 aliphatic rings. The van der Waals surface area contributed by atoms with E-state index in [0.717, 1.165) is 24.2 Å². The highest BCUT2D eigenvalue weighted by molar-refractivity contribution is 5.27. The smallest absolute Gasteiger partial charge is 0.0925 e. The van der Waals surface area contributed by atoms with Gasteiger partial charge in [0.05, 0.1) is 18.6 Å². The van der Waals surface area contributed by atoms with E-state index < -0.39 is 0 Å². The Morgan fingerprint density at radius 3 is 2.82 bits per heavy atom. The van der Waals surface area contributed by atoms with Crippen molar-refractivity contribution < 1.29 is 5.11 Å². The molecule has 0 saturated heterocycles. The van der Waals surface area contributed by atoms with Gasteiger partial charge in [-0.15, -0.1) is 0 Å². The summed E-state index contributed by atoms with van der Waals surface area (Å²) in [5.74, 6) is 0. The second-order valence-electron chi connectivity index (χ2n) is 3.31. The zero-order valence-electron chi connectivity index (χ0n) is 6.59. The monoisotopic (exact) mass is 152 g/mol. The first-order valence-electron chi connectivity index (χ1n) is 3.90. The first kappa shape index (κ1) is 6.85. The van der Waals surface area contributed by atoms with Gasteiger partial charge in [-0.3, -0.25) is 0 Å². The Kier molecular flexibility index (Phi) is 1.29. The van der Waals surface area contributed by atoms with E-state index in [-0.39, 0.29) is 12.0 Å². The predicted octanol–water partition coefficient (Wildman–Crippen LogP) is 0.742. The number of aliphatic hydroxyl groups excluding tert-OH is 1. The minimum Gasteiger partial charge on any atom is -0.395 e. The van der Waals surface area contributed by atoms with Crippen LogP contribution in [0.15, 0.2) is 6.33 Å². The fraction of sp³-hybridized carbons (Fsp3) is 0.625. The van der Waals surface area contributed by atoms with Crippen LogP contribution >= 0.6 is 0 Å². The summed E-state index contributed by atoms with van der Waals surface area (Å²) >= 11 is 0. The molecule has 3 heteroatoms. The Hall–Kier alpha value is -0.830. The fourth-order valence-corrected chi connectivity index (χ4v) is 1.51. The summed E-state index contributed by atoms with van der Waals surface area (Å²) in [6.07, 6.45) is 3.85. The van der Waals surface area contributed by atoms with Gasteiger partial charge in [0.25, 0.3) is 0 Å². The van der Waals surface area contributed by atoms with Crippen molar-refractivity contribution in [3.63, 3.8) is 0 Å². The summed E-state index contributed by atoms with van der Waals surface area (Å²) in [6.45, 7) is 2.23. The molecule has 0 aliphatic heterocycles. The van der Waals surface area contributed by atoms with E-state index in [0.29, 0.717) is 0 Å². The second-order valence-corrected chi connectivity index (χ2v) is 3.31. The van der Waals surface area contributed by atoms with Crippen molar-refractivity contribution in [1.29, 1.82) is 0 Å². The number of nitrogens with zero attached hydrogens (tertiary/aromatic N) is 1. The number of aryl methyl sites for hydroxylation is 1. The SMILES string of the molecule is Cc1[nH]cnc1C1(CO)CC1. The lowest BCUT2D eigenvalue weighted by atomic mass is 10.0. The van der Waals surface area contributed by atoms with Gasteiger partial charge in [-0.1, -0.05) is 0 Å². The molecule has 0 unspecified atom stereocenters. The number of aromatic amines is 1. The van der Waals surface area contributed by atoms with E-state index in [1.807, 2.05) is 6.92 Å². The molecule has 0 spiro atoms. The highest BCUT2D eigenvalue weighted by Crippen LogP contribution is 2.47. The third-order valence-electron chi connectivity index (χ3n) is 2.49. The van der Waals surface area contributed by atoms with Crippen molar-refractivity contribution in [2.45, 2.75) is 25.2 Å². The minimum atomic E-state index is 0.0179. The fourth-order valence-electron chi connectivity index (χ4n) is 1.51. The standard InChI is InChI=1S/C8H12N2O/c1-6-7(10-5-9-6)8(4-11)2-3-8/h5,11H,2-4H2,1H3,(H,9,10). The van der Waals surface area contributed by atoms with Gasteiger partial charge in [0.1, 0.15) is 0 Å². The molecule has 1 fully saturated rings. The minimum absolute atomic E-state index is 0.0179. The summed E-state index contributed by atoms with van der Waals surface area (Å²) in [4.78, 5) is 7.23. The molecule has 1 aliphatic carbocycles. The van der Waals surface area contributed by atoms with Crippen molar-refractivity contribution in [2.24, 2.45) is 0 Å². The summed E-state index contributed by atoms with van der Waals surface area (Å²) in [5, 5.41) is 9.10. The summed E-state index contributed by atoms with van der Waals surface area (Å²) in [7, 11) is 0. The highest BCUT2D eigenvalue weighted by Gasteiger charge is 2.46. The average molecular weight is 152 g/mol. The normalized spacial score (nSPS) is 20.2. The van der Waals surface area contributed by atoms with Gasteiger partial charge in [-0.2, -0.15) is 0 Å². The number of H-pyrrole nitrogens is 1. The van der Waals surface area contributed by atoms with Crippen molar-refractivity contribution >= 4 is 0 Å². The van der Waals surface area contributed by atoms with Crippen LogP contribution in [0.2, 0.25) is 0 Å². The summed E-state index contributed by atoms with van der Waals surface area (Å²) < 4.78 is 0. The molecule has 0 aromatic carbocycles. The van der Waals surface area contributed by atoms with Gasteiger partial charge in [-0.05, 0) is 19.8 Å². The topological polar surface area (TPSA) is 48.9 Å². The van der Waals surface area contributed by atoms with Crippen molar-refractivity contribution in [3.8, 4) is 0 Å². The highest BCUT2D eigenvalue weighted by atomic mass is 16.3. The van der Waals surface area contributed by atoms with E-state index in [2.05, 4.69) is 9.97 Å². The van der Waals surface area contributed by atoms with Crippen LogP contribution in [0.5, 0.6) is 0 Å². The van der Waals surface area contributed by atoms with E-state index in [1.54, 1.807) is 6.33 Å². The van der Waals surface area contributed by atoms with E-state index in [1.165, 1.54) is 0 Å². The number of imidazole rings is 1. The van der Waals surface area contributed by atoms with Crippen LogP contribution < -0.4 is 0 Å². The molecule has 0 atom stereocenters. The number of aromatic nitrogens is 2. The quantitative estimate of drug-likeness (QED) is 0.656. The maximum Gasteiger partial charge on any atom is 0.0925 e. The van der Waals surface area contributed by atoms with Crippen LogP contribution in [0, 0.1) is 6.92 Å². The van der Waals surface area contributed by atoms with E-state index >= 15 is 0 Å². The molecule has 1 saturated carbocycles. The maximum atomic E-state index is 9.10. The molecule has 2 N–H and O–H groups in total. The zero-order chi connectivity index (χ0) is 7.90. The molecule has 1 aromatic rings. The van der Waals surface area contributed by atoms with Gasteiger partial charge in [0.15, 0.2) is 0 Å². The molecule has 2 rings (SSSR count). The third-order valence-corrected chi connectivity index (χ3v) is 2.49. The predicted molar refractivity (Wildman–Crippen MR) is 41.3 cm³/mol. The number of rotatable bonds is 2. The molecule has 0 bridgehead atoms. The Morgan fingerprint density at radius 1 is 1.73 bits per heavy atom. The maximum absolute atomic E-state index is 9.10. The number of hydrogen-bond donors (Lipinski definition) is 2. The van der Waals surface area contributed by atoms with Crippen LogP contribution in [0.3, 0.4) is 0 Å². The Morgan fingerprint density at radius 2 is 2.45 bits per heavy atom. The van der Waals surface area contributed by atoms with E-state index in [9.17, 15) is 0 Å². The molecular weight excluding hydrogens is 140 g/mol. The van der Waals surface area contributed by atoms with Crippen LogP contribution in [0.1, 0.15) is 24.2 Å². The average Bonchev–Trinajstić information content (AvgIpc) is 2.70. The van der Waals surface area contributed by atoms with Crippen LogP contribution in [0.4, 0.5) is 0 Å². The Bertz CT molecular complexity index is 263. The molecule has 60 valence electrons. The van der Waals surface area contributed by atoms with Gasteiger partial charge in [-0.25, -0.2) is 4.98 Å². The molecule has 3 nitrogen and oxygen atoms in total. The number of hydrogen-bond acceptors (Lipinski definition) is 2. The lowest BCUT2D eigenvalue weighted by molar-refractivity contribution is 0.252. The second kappa shape index (κ2) is 2.08. The van der Waals surface area contributed by atoms with Crippen LogP contribution in [0.25, 0.3) is 0 Å². The molecule has 1 heterocycles. The first-order chi connectivity index (χ1) is 5.28. The number of nitrogens with one attached hydrogen (secondary N) is 1. The van der Waals surface area contributed by atoms with Crippen molar-refractivity contribution in [1.82, 2.24) is 9.97 Å². The third kappa shape index (κ3) is 0.878. The van der Waals surface area contributed by atoms with Gasteiger partial charge in [0.2, 0.25) is 0 Å². The zero-order valence-corrected chi connectivity index (χ0v) is 6.59. The van der Waals surface area contributed by atoms with Gasteiger partial charge in [0, 0.05) is 11.1 Å². The van der Waals surface area contributed by atoms with E-state index in [4.69, 9.17) is 5.11 Å². The Balaban J connectivity index is 2.35. The van der Waals surface area contributed by atoms with Crippen LogP contribution in [-0.4, -0.2) is 21.7 Å². The summed E-state index contributed by atoms with van der Waals surface area (Å²) in [6, 6.07) is 0. The van der Waals surface area contributed by atoms with Gasteiger partial charge >= 0.3 is 0 Å². The van der Waals surface area contributed by atoms with Gasteiger partial charge < -0.3 is 10.1 Å². The van der Waals surface area contributed by atoms with Crippen molar-refractivity contribution in [2.75, 3.05) is 6.61 Å². The molecule has 11 heavy (non-hydrogen) atoms. The van der Waals surface area contributed by atoms with Crippen LogP contribution in [-0.2, 0) is 5.41 Å². The van der Waals surface area contributed by atoms with Crippen molar-refractivity contribution in [3.05, 3.63) is 17.7 Å². The molecule has 0 radical (unpaired) electrons. The Labute approximate surface area is 65.5 Å². The lowest BCUT2D eigenvalue weighted by Crippen LogP contribution is -2.13. The largest absolute Gasteiger partial charge is 0.395 e. The number of aliphatic hydroxyl groups is 1. The lowest BCUT2D eigenvalue weighted by Gasteiger charge is -2.08. The first-order valence-corrected chi connectivity index (χ1v) is 3.90. The molecular formula is C8H12N2O.